The molecule has 0 radical (unpaired) electrons. The maximum Gasteiger partial charge on any atom is 1.00 e. The first-order valence-electron chi connectivity index (χ1n) is 3.97. The number of rotatable bonds is 1. The van der Waals surface area contributed by atoms with E-state index in [-0.39, 0.29) is 59.1 Å². The molecule has 0 aliphatic rings. The van der Waals surface area contributed by atoms with Gasteiger partial charge in [0.25, 0.3) is 0 Å². The summed E-state index contributed by atoms with van der Waals surface area (Å²) in [7, 11) is 0. The molecule has 0 aromatic heterocycles. The monoisotopic (exact) mass is 206 g/mol. The van der Waals surface area contributed by atoms with E-state index in [2.05, 4.69) is 0 Å². The molecule has 13 heavy (non-hydrogen) atoms. The Bertz CT molecular complexity index is 86.8. The fraction of sp³-hybridized carbons (Fsp3) is 1.00. The van der Waals surface area contributed by atoms with Crippen LogP contribution in [0.25, 0.3) is 0 Å². The minimum Gasteiger partial charge on any atom is -0.850 e. The molecule has 4 heteroatoms. The van der Waals surface area contributed by atoms with Gasteiger partial charge in [0.15, 0.2) is 0 Å². The smallest absolute Gasteiger partial charge is 0.850 e. The van der Waals surface area contributed by atoms with Gasteiger partial charge in [-0.25, -0.2) is 0 Å². The Balaban J connectivity index is -0.0000000546. The van der Waals surface area contributed by atoms with Crippen LogP contribution in [-0.4, -0.2) is 11.2 Å². The molecule has 0 saturated heterocycles. The van der Waals surface area contributed by atoms with Crippen molar-refractivity contribution in [3.05, 3.63) is 0 Å². The summed E-state index contributed by atoms with van der Waals surface area (Å²) in [6.07, 6.45) is 0.715. The van der Waals surface area contributed by atoms with E-state index in [0.29, 0.717) is 6.42 Å². The van der Waals surface area contributed by atoms with Crippen molar-refractivity contribution in [3.63, 3.8) is 0 Å². The summed E-state index contributed by atoms with van der Waals surface area (Å²) in [6, 6.07) is 0. The van der Waals surface area contributed by atoms with Crippen LogP contribution in [0.2, 0.25) is 0 Å². The van der Waals surface area contributed by atoms with Crippen molar-refractivity contribution in [2.75, 3.05) is 0 Å². The SMILES string of the molecule is CC(C)(C)[O-].CCC(C)(C)[O-].[Na+].[Na+]. The first-order chi connectivity index (χ1) is 4.56. The standard InChI is InChI=1S/C5H11O.C4H9O.2Na/c1-4-5(2,3)6;1-4(2,3)5;;/h4H2,1-3H3;1-3H3;;/q2*-1;2*+1. The molecular weight excluding hydrogens is 186 g/mol. The second-order valence-corrected chi connectivity index (χ2v) is 4.23. The summed E-state index contributed by atoms with van der Waals surface area (Å²) < 4.78 is 0. The molecule has 0 N–H and O–H groups in total. The zero-order chi connectivity index (χ0) is 9.71. The van der Waals surface area contributed by atoms with Gasteiger partial charge < -0.3 is 10.2 Å². The van der Waals surface area contributed by atoms with Crippen LogP contribution in [0.4, 0.5) is 0 Å². The Morgan fingerprint density at radius 2 is 0.923 bits per heavy atom. The zero-order valence-electron chi connectivity index (χ0n) is 10.5. The van der Waals surface area contributed by atoms with Crippen molar-refractivity contribution in [1.29, 1.82) is 0 Å². The predicted octanol–water partition coefficient (Wildman–Crippen LogP) is -5.31. The Morgan fingerprint density at radius 3 is 0.923 bits per heavy atom. The van der Waals surface area contributed by atoms with Crippen molar-refractivity contribution in [2.24, 2.45) is 0 Å². The molecule has 0 atom stereocenters. The molecule has 70 valence electrons. The fourth-order valence-corrected chi connectivity index (χ4v) is 0. The summed E-state index contributed by atoms with van der Waals surface area (Å²) in [6.45, 7) is 10.2. The quantitative estimate of drug-likeness (QED) is 0.402. The van der Waals surface area contributed by atoms with Gasteiger partial charge in [-0.3, -0.25) is 0 Å². The van der Waals surface area contributed by atoms with Crippen LogP contribution in [0.15, 0.2) is 0 Å². The van der Waals surface area contributed by atoms with Gasteiger partial charge in [-0.1, -0.05) is 48.0 Å². The number of hydrogen-bond acceptors (Lipinski definition) is 2. The van der Waals surface area contributed by atoms with E-state index >= 15 is 0 Å². The topological polar surface area (TPSA) is 46.1 Å². The average molecular weight is 206 g/mol. The summed E-state index contributed by atoms with van der Waals surface area (Å²) in [5.74, 6) is 0. The van der Waals surface area contributed by atoms with Crippen LogP contribution in [0, 0.1) is 0 Å². The molecule has 0 rings (SSSR count). The third kappa shape index (κ3) is 81.7. The number of hydrogen-bond donors (Lipinski definition) is 0. The maximum atomic E-state index is 10.5. The van der Waals surface area contributed by atoms with E-state index in [1.165, 1.54) is 0 Å². The van der Waals surface area contributed by atoms with Gasteiger partial charge in [-0.2, -0.15) is 0 Å². The molecule has 0 aliphatic carbocycles. The zero-order valence-corrected chi connectivity index (χ0v) is 14.5. The Labute approximate surface area is 127 Å². The van der Waals surface area contributed by atoms with Gasteiger partial charge in [-0.15, -0.1) is 11.2 Å². The fourth-order valence-electron chi connectivity index (χ4n) is 0. The molecule has 0 unspecified atom stereocenters. The second kappa shape index (κ2) is 10.4. The van der Waals surface area contributed by atoms with Crippen molar-refractivity contribution in [3.8, 4) is 0 Å². The van der Waals surface area contributed by atoms with Crippen LogP contribution in [0.5, 0.6) is 0 Å². The minimum absolute atomic E-state index is 0. The summed E-state index contributed by atoms with van der Waals surface area (Å²) >= 11 is 0. The van der Waals surface area contributed by atoms with E-state index in [9.17, 15) is 10.2 Å². The summed E-state index contributed by atoms with van der Waals surface area (Å²) in [4.78, 5) is 0. The Morgan fingerprint density at radius 1 is 0.846 bits per heavy atom. The Hall–Kier alpha value is 1.92. The molecule has 0 bridgehead atoms. The van der Waals surface area contributed by atoms with Gasteiger partial charge >= 0.3 is 59.1 Å². The first kappa shape index (κ1) is 24.2. The van der Waals surface area contributed by atoms with Crippen molar-refractivity contribution >= 4 is 0 Å². The second-order valence-electron chi connectivity index (χ2n) is 4.23. The molecular formula is C9H20Na2O2. The summed E-state index contributed by atoms with van der Waals surface area (Å²) in [5, 5.41) is 20.6. The Kier molecular flexibility index (Phi) is 19.5. The molecule has 2 nitrogen and oxygen atoms in total. The predicted molar refractivity (Wildman–Crippen MR) is 44.1 cm³/mol. The molecule has 0 aromatic rings. The van der Waals surface area contributed by atoms with Crippen LogP contribution in [0.3, 0.4) is 0 Å². The van der Waals surface area contributed by atoms with Gasteiger partial charge in [0.1, 0.15) is 0 Å². The van der Waals surface area contributed by atoms with E-state index in [1.54, 1.807) is 34.6 Å². The molecule has 0 amide bonds. The first-order valence-corrected chi connectivity index (χ1v) is 3.97. The van der Waals surface area contributed by atoms with Gasteiger partial charge in [-0.05, 0) is 0 Å². The molecule has 0 fully saturated rings. The van der Waals surface area contributed by atoms with Crippen molar-refractivity contribution < 1.29 is 69.3 Å². The van der Waals surface area contributed by atoms with Gasteiger partial charge in [0, 0.05) is 0 Å². The van der Waals surface area contributed by atoms with Crippen LogP contribution >= 0.6 is 0 Å². The van der Waals surface area contributed by atoms with Gasteiger partial charge in [0.05, 0.1) is 0 Å². The minimum atomic E-state index is -0.750. The van der Waals surface area contributed by atoms with Crippen LogP contribution in [0.1, 0.15) is 48.0 Å². The van der Waals surface area contributed by atoms with Crippen LogP contribution in [-0.2, 0) is 0 Å². The molecule has 0 aliphatic heterocycles. The molecule has 0 heterocycles. The molecule has 0 aromatic carbocycles. The van der Waals surface area contributed by atoms with Crippen molar-refractivity contribution in [1.82, 2.24) is 0 Å². The van der Waals surface area contributed by atoms with E-state index in [4.69, 9.17) is 0 Å². The maximum absolute atomic E-state index is 10.5. The van der Waals surface area contributed by atoms with Gasteiger partial charge in [0.2, 0.25) is 0 Å². The van der Waals surface area contributed by atoms with E-state index < -0.39 is 11.2 Å². The van der Waals surface area contributed by atoms with E-state index in [0.717, 1.165) is 0 Å². The van der Waals surface area contributed by atoms with Crippen molar-refractivity contribution in [2.45, 2.75) is 59.2 Å². The largest absolute Gasteiger partial charge is 1.00 e. The molecule has 0 spiro atoms. The van der Waals surface area contributed by atoms with E-state index in [1.807, 2.05) is 6.92 Å². The van der Waals surface area contributed by atoms with Crippen LogP contribution < -0.4 is 69.3 Å². The summed E-state index contributed by atoms with van der Waals surface area (Å²) in [5.41, 5.74) is -1.46. The normalized spacial score (nSPS) is 10.2. The average Bonchev–Trinajstić information content (AvgIpc) is 1.59. The third-order valence-electron chi connectivity index (χ3n) is 0.851. The molecule has 0 saturated carbocycles. The third-order valence-corrected chi connectivity index (χ3v) is 0.851.